The minimum absolute atomic E-state index is 0.0713. The molecule has 1 N–H and O–H groups in total. The topological polar surface area (TPSA) is 76.1 Å². The fourth-order valence-corrected chi connectivity index (χ4v) is 3.07. The van der Waals surface area contributed by atoms with Gasteiger partial charge in [0.1, 0.15) is 5.75 Å². The molecule has 23 heavy (non-hydrogen) atoms. The van der Waals surface area contributed by atoms with Crippen LogP contribution in [0.4, 0.5) is 0 Å². The van der Waals surface area contributed by atoms with Crippen LogP contribution in [0.25, 0.3) is 0 Å². The maximum atomic E-state index is 12.6. The van der Waals surface area contributed by atoms with E-state index in [9.17, 15) is 9.59 Å². The lowest BCUT2D eigenvalue weighted by molar-refractivity contribution is -0.154. The summed E-state index contributed by atoms with van der Waals surface area (Å²) in [5.41, 5.74) is 0.520. The summed E-state index contributed by atoms with van der Waals surface area (Å²) in [7, 11) is 0. The van der Waals surface area contributed by atoms with Crippen LogP contribution in [-0.2, 0) is 9.53 Å². The third-order valence-electron chi connectivity index (χ3n) is 4.32. The number of aliphatic carboxylic acids is 1. The van der Waals surface area contributed by atoms with Gasteiger partial charge in [-0.25, -0.2) is 4.79 Å². The minimum Gasteiger partial charge on any atom is -0.490 e. The zero-order valence-electron chi connectivity index (χ0n) is 12.9. The molecule has 1 unspecified atom stereocenters. The summed E-state index contributed by atoms with van der Waals surface area (Å²) in [6, 6.07) is 7.13. The normalized spacial score (nSPS) is 22.1. The summed E-state index contributed by atoms with van der Waals surface area (Å²) in [6.07, 6.45) is 3.77. The standard InChI is InChI=1S/C17H21NO5/c19-16(18-8-9-22-15(11-18)17(20)21)12-4-3-7-14(10-12)23-13-5-1-2-6-13/h3-4,7,10,13,15H,1-2,5-6,8-9,11H2,(H,20,21). The molecule has 6 heteroatoms. The van der Waals surface area contributed by atoms with Gasteiger partial charge in [0.15, 0.2) is 6.10 Å². The summed E-state index contributed by atoms with van der Waals surface area (Å²) >= 11 is 0. The molecule has 0 bridgehead atoms. The zero-order valence-corrected chi connectivity index (χ0v) is 12.9. The molecule has 1 heterocycles. The van der Waals surface area contributed by atoms with Gasteiger partial charge in [0.2, 0.25) is 0 Å². The van der Waals surface area contributed by atoms with E-state index in [1.54, 1.807) is 18.2 Å². The molecule has 0 spiro atoms. The van der Waals surface area contributed by atoms with Crippen molar-refractivity contribution in [1.82, 2.24) is 4.90 Å². The number of benzene rings is 1. The fraction of sp³-hybridized carbons (Fsp3) is 0.529. The Hall–Kier alpha value is -2.08. The van der Waals surface area contributed by atoms with E-state index < -0.39 is 12.1 Å². The zero-order chi connectivity index (χ0) is 16.2. The molecular weight excluding hydrogens is 298 g/mol. The highest BCUT2D eigenvalue weighted by Crippen LogP contribution is 2.25. The Balaban J connectivity index is 1.67. The average molecular weight is 319 g/mol. The number of rotatable bonds is 4. The molecule has 2 fully saturated rings. The van der Waals surface area contributed by atoms with Gasteiger partial charge in [-0.05, 0) is 43.9 Å². The number of carbonyl (C=O) groups is 2. The summed E-state index contributed by atoms with van der Waals surface area (Å²) in [5.74, 6) is -0.525. The van der Waals surface area contributed by atoms with Crippen molar-refractivity contribution in [2.24, 2.45) is 0 Å². The summed E-state index contributed by atoms with van der Waals surface area (Å²) in [6.45, 7) is 0.708. The van der Waals surface area contributed by atoms with Crippen LogP contribution in [0.15, 0.2) is 24.3 Å². The van der Waals surface area contributed by atoms with E-state index in [-0.39, 0.29) is 25.2 Å². The highest BCUT2D eigenvalue weighted by molar-refractivity contribution is 5.95. The maximum absolute atomic E-state index is 12.6. The lowest BCUT2D eigenvalue weighted by Gasteiger charge is -2.31. The smallest absolute Gasteiger partial charge is 0.334 e. The largest absolute Gasteiger partial charge is 0.490 e. The Morgan fingerprint density at radius 3 is 2.78 bits per heavy atom. The van der Waals surface area contributed by atoms with E-state index in [4.69, 9.17) is 14.6 Å². The summed E-state index contributed by atoms with van der Waals surface area (Å²) < 4.78 is 11.1. The minimum atomic E-state index is -1.04. The van der Waals surface area contributed by atoms with Crippen LogP contribution in [0.1, 0.15) is 36.0 Å². The van der Waals surface area contributed by atoms with Crippen molar-refractivity contribution in [3.8, 4) is 5.75 Å². The molecule has 1 aromatic rings. The number of carbonyl (C=O) groups excluding carboxylic acids is 1. The Labute approximate surface area is 135 Å². The number of nitrogens with zero attached hydrogens (tertiary/aromatic N) is 1. The molecule has 0 aromatic heterocycles. The van der Waals surface area contributed by atoms with Gasteiger partial charge >= 0.3 is 5.97 Å². The quantitative estimate of drug-likeness (QED) is 0.918. The van der Waals surface area contributed by atoms with Crippen LogP contribution < -0.4 is 4.74 Å². The molecule has 3 rings (SSSR count). The van der Waals surface area contributed by atoms with Crippen molar-refractivity contribution in [2.75, 3.05) is 19.7 Å². The monoisotopic (exact) mass is 319 g/mol. The van der Waals surface area contributed by atoms with Crippen molar-refractivity contribution in [3.63, 3.8) is 0 Å². The Kier molecular flexibility index (Phi) is 4.81. The second kappa shape index (κ2) is 7.00. The molecule has 1 saturated carbocycles. The maximum Gasteiger partial charge on any atom is 0.334 e. The Bertz CT molecular complexity index is 582. The van der Waals surface area contributed by atoms with Crippen LogP contribution in [0.5, 0.6) is 5.75 Å². The number of carboxylic acids is 1. The van der Waals surface area contributed by atoms with Gasteiger partial charge in [-0.15, -0.1) is 0 Å². The third kappa shape index (κ3) is 3.82. The molecule has 1 saturated heterocycles. The van der Waals surface area contributed by atoms with Crippen LogP contribution in [0.3, 0.4) is 0 Å². The molecule has 1 aromatic carbocycles. The number of morpholine rings is 1. The summed E-state index contributed by atoms with van der Waals surface area (Å²) in [5, 5.41) is 9.03. The van der Waals surface area contributed by atoms with Gasteiger partial charge in [0.25, 0.3) is 5.91 Å². The van der Waals surface area contributed by atoms with Crippen LogP contribution in [0, 0.1) is 0 Å². The van der Waals surface area contributed by atoms with E-state index >= 15 is 0 Å². The van der Waals surface area contributed by atoms with Crippen LogP contribution in [0.2, 0.25) is 0 Å². The summed E-state index contributed by atoms with van der Waals surface area (Å²) in [4.78, 5) is 25.1. The Morgan fingerprint density at radius 2 is 2.04 bits per heavy atom. The van der Waals surface area contributed by atoms with Gasteiger partial charge in [0, 0.05) is 12.1 Å². The molecular formula is C17H21NO5. The van der Waals surface area contributed by atoms with E-state index in [0.29, 0.717) is 17.9 Å². The first-order valence-corrected chi connectivity index (χ1v) is 8.04. The SMILES string of the molecule is O=C(O)C1CN(C(=O)c2cccc(OC3CCCC3)c2)CCO1. The molecule has 6 nitrogen and oxygen atoms in total. The van der Waals surface area contributed by atoms with Gasteiger partial charge in [0.05, 0.1) is 19.3 Å². The number of carboxylic acid groups (broad SMARTS) is 1. The first-order chi connectivity index (χ1) is 11.1. The molecule has 1 aliphatic heterocycles. The highest BCUT2D eigenvalue weighted by Gasteiger charge is 2.29. The van der Waals surface area contributed by atoms with Crippen molar-refractivity contribution >= 4 is 11.9 Å². The van der Waals surface area contributed by atoms with Gasteiger partial charge in [-0.2, -0.15) is 0 Å². The van der Waals surface area contributed by atoms with Crippen LogP contribution >= 0.6 is 0 Å². The van der Waals surface area contributed by atoms with E-state index in [1.807, 2.05) is 6.07 Å². The Morgan fingerprint density at radius 1 is 1.26 bits per heavy atom. The van der Waals surface area contributed by atoms with Crippen molar-refractivity contribution in [2.45, 2.75) is 37.9 Å². The molecule has 1 atom stereocenters. The predicted molar refractivity (Wildman–Crippen MR) is 82.6 cm³/mol. The van der Waals surface area contributed by atoms with E-state index in [1.165, 1.54) is 17.7 Å². The molecule has 0 radical (unpaired) electrons. The molecule has 1 aliphatic carbocycles. The van der Waals surface area contributed by atoms with E-state index in [2.05, 4.69) is 0 Å². The van der Waals surface area contributed by atoms with Crippen molar-refractivity contribution in [3.05, 3.63) is 29.8 Å². The molecule has 2 aliphatic rings. The van der Waals surface area contributed by atoms with E-state index in [0.717, 1.165) is 12.8 Å². The van der Waals surface area contributed by atoms with Crippen LogP contribution in [-0.4, -0.2) is 53.8 Å². The number of hydrogen-bond donors (Lipinski definition) is 1. The van der Waals surface area contributed by atoms with Gasteiger partial charge < -0.3 is 19.5 Å². The lowest BCUT2D eigenvalue weighted by atomic mass is 10.1. The fourth-order valence-electron chi connectivity index (χ4n) is 3.07. The average Bonchev–Trinajstić information content (AvgIpc) is 3.07. The lowest BCUT2D eigenvalue weighted by Crippen LogP contribution is -2.48. The highest BCUT2D eigenvalue weighted by atomic mass is 16.5. The predicted octanol–water partition coefficient (Wildman–Crippen LogP) is 1.93. The van der Waals surface area contributed by atoms with Crippen molar-refractivity contribution < 1.29 is 24.2 Å². The molecule has 124 valence electrons. The van der Waals surface area contributed by atoms with Crippen molar-refractivity contribution in [1.29, 1.82) is 0 Å². The third-order valence-corrected chi connectivity index (χ3v) is 4.32. The first kappa shape index (κ1) is 15.8. The second-order valence-electron chi connectivity index (χ2n) is 6.00. The molecule has 1 amide bonds. The number of amides is 1. The van der Waals surface area contributed by atoms with Gasteiger partial charge in [-0.3, -0.25) is 4.79 Å². The number of hydrogen-bond acceptors (Lipinski definition) is 4. The number of ether oxygens (including phenoxy) is 2. The first-order valence-electron chi connectivity index (χ1n) is 8.04. The second-order valence-corrected chi connectivity index (χ2v) is 6.00. The van der Waals surface area contributed by atoms with Gasteiger partial charge in [-0.1, -0.05) is 6.07 Å².